The van der Waals surface area contributed by atoms with Gasteiger partial charge in [0.1, 0.15) is 16.4 Å². The predicted octanol–water partition coefficient (Wildman–Crippen LogP) is 3.58. The number of nitrogens with zero attached hydrogens (tertiary/aromatic N) is 1. The average molecular weight is 439 g/mol. The molecular formula is C22H18FN3O4S. The van der Waals surface area contributed by atoms with E-state index in [1.807, 2.05) is 0 Å². The molecule has 31 heavy (non-hydrogen) atoms. The summed E-state index contributed by atoms with van der Waals surface area (Å²) in [5.74, 6) is -1.98. The third-order valence-electron chi connectivity index (χ3n) is 5.04. The highest BCUT2D eigenvalue weighted by molar-refractivity contribution is 7.17. The van der Waals surface area contributed by atoms with Crippen LogP contribution in [-0.4, -0.2) is 22.8 Å². The Hall–Kier alpha value is -3.59. The lowest BCUT2D eigenvalue weighted by Crippen LogP contribution is -2.19. The molecule has 3 N–H and O–H groups in total. The molecule has 0 radical (unpaired) electrons. The molecule has 1 aromatic heterocycles. The Kier molecular flexibility index (Phi) is 5.51. The van der Waals surface area contributed by atoms with Crippen molar-refractivity contribution in [3.8, 4) is 5.75 Å². The summed E-state index contributed by atoms with van der Waals surface area (Å²) in [4.78, 5) is 40.9. The molecule has 2 amide bonds. The highest BCUT2D eigenvalue weighted by Crippen LogP contribution is 2.35. The van der Waals surface area contributed by atoms with E-state index in [-0.39, 0.29) is 27.4 Å². The minimum Gasteiger partial charge on any atom is -0.422 e. The monoisotopic (exact) mass is 439 g/mol. The fourth-order valence-corrected chi connectivity index (χ4v) is 4.38. The Bertz CT molecular complexity index is 1210. The molecule has 1 aliphatic rings. The SMILES string of the molecule is Cc1nc(NC(=O)c2cccc(F)c2)sc1C(=O)Oc1ccc2c(c1)CCC2C(N)=O. The van der Waals surface area contributed by atoms with Gasteiger partial charge in [0.05, 0.1) is 11.6 Å². The van der Waals surface area contributed by atoms with Gasteiger partial charge in [0.15, 0.2) is 5.13 Å². The molecule has 7 nitrogen and oxygen atoms in total. The van der Waals surface area contributed by atoms with E-state index in [2.05, 4.69) is 10.3 Å². The van der Waals surface area contributed by atoms with Crippen molar-refractivity contribution >= 4 is 34.3 Å². The van der Waals surface area contributed by atoms with Gasteiger partial charge >= 0.3 is 5.97 Å². The number of nitrogens with one attached hydrogen (secondary N) is 1. The van der Waals surface area contributed by atoms with Crippen molar-refractivity contribution in [1.29, 1.82) is 0 Å². The van der Waals surface area contributed by atoms with Crippen LogP contribution in [0.5, 0.6) is 5.75 Å². The number of hydrogen-bond acceptors (Lipinski definition) is 6. The topological polar surface area (TPSA) is 111 Å². The highest BCUT2D eigenvalue weighted by atomic mass is 32.1. The van der Waals surface area contributed by atoms with Crippen LogP contribution in [0.2, 0.25) is 0 Å². The smallest absolute Gasteiger partial charge is 0.355 e. The number of aryl methyl sites for hydroxylation is 2. The Morgan fingerprint density at radius 1 is 1.23 bits per heavy atom. The van der Waals surface area contributed by atoms with E-state index in [0.717, 1.165) is 28.5 Å². The molecule has 9 heteroatoms. The number of primary amides is 1. The van der Waals surface area contributed by atoms with Gasteiger partial charge in [0.2, 0.25) is 5.91 Å². The number of hydrogen-bond donors (Lipinski definition) is 2. The van der Waals surface area contributed by atoms with Crippen LogP contribution in [0, 0.1) is 12.7 Å². The number of nitrogens with two attached hydrogens (primary N) is 1. The van der Waals surface area contributed by atoms with Crippen LogP contribution in [0.15, 0.2) is 42.5 Å². The van der Waals surface area contributed by atoms with E-state index in [9.17, 15) is 18.8 Å². The van der Waals surface area contributed by atoms with Gasteiger partial charge in [-0.3, -0.25) is 14.9 Å². The first-order valence-electron chi connectivity index (χ1n) is 9.50. The first-order chi connectivity index (χ1) is 14.8. The van der Waals surface area contributed by atoms with Crippen LogP contribution in [0.4, 0.5) is 9.52 Å². The Balaban J connectivity index is 1.47. The number of halogens is 1. The van der Waals surface area contributed by atoms with Crippen molar-refractivity contribution in [3.63, 3.8) is 0 Å². The summed E-state index contributed by atoms with van der Waals surface area (Å²) in [7, 11) is 0. The van der Waals surface area contributed by atoms with Crippen LogP contribution in [0.1, 0.15) is 49.2 Å². The lowest BCUT2D eigenvalue weighted by atomic mass is 10.0. The normalized spacial score (nSPS) is 14.7. The summed E-state index contributed by atoms with van der Waals surface area (Å²) < 4.78 is 18.8. The number of aromatic nitrogens is 1. The van der Waals surface area contributed by atoms with Crippen LogP contribution < -0.4 is 15.8 Å². The molecule has 0 saturated carbocycles. The third kappa shape index (κ3) is 4.31. The number of carbonyl (C=O) groups is 3. The minimum atomic E-state index is -0.606. The van der Waals surface area contributed by atoms with Crippen molar-refractivity contribution in [2.75, 3.05) is 5.32 Å². The van der Waals surface area contributed by atoms with Gasteiger partial charge in [-0.2, -0.15) is 0 Å². The van der Waals surface area contributed by atoms with Gasteiger partial charge in [-0.25, -0.2) is 14.2 Å². The average Bonchev–Trinajstić information content (AvgIpc) is 3.31. The fourth-order valence-electron chi connectivity index (χ4n) is 3.54. The number of fused-ring (bicyclic) bond motifs is 1. The van der Waals surface area contributed by atoms with Gasteiger partial charge in [-0.1, -0.05) is 23.5 Å². The van der Waals surface area contributed by atoms with Crippen molar-refractivity contribution in [3.05, 3.63) is 75.5 Å². The lowest BCUT2D eigenvalue weighted by molar-refractivity contribution is -0.119. The number of ether oxygens (including phenoxy) is 1. The van der Waals surface area contributed by atoms with Crippen LogP contribution in [0.3, 0.4) is 0 Å². The summed E-state index contributed by atoms with van der Waals surface area (Å²) >= 11 is 0.971. The molecule has 4 rings (SSSR count). The zero-order valence-electron chi connectivity index (χ0n) is 16.5. The molecule has 1 heterocycles. The van der Waals surface area contributed by atoms with Crippen molar-refractivity contribution in [2.24, 2.45) is 5.73 Å². The van der Waals surface area contributed by atoms with E-state index >= 15 is 0 Å². The van der Waals surface area contributed by atoms with E-state index in [4.69, 9.17) is 10.5 Å². The van der Waals surface area contributed by atoms with E-state index in [0.29, 0.717) is 24.3 Å². The molecule has 0 bridgehead atoms. The molecule has 3 aromatic rings. The predicted molar refractivity (Wildman–Crippen MR) is 113 cm³/mol. The number of benzene rings is 2. The lowest BCUT2D eigenvalue weighted by Gasteiger charge is -2.08. The first kappa shape index (κ1) is 20.7. The second kappa shape index (κ2) is 8.27. The molecule has 0 fully saturated rings. The van der Waals surface area contributed by atoms with Gasteiger partial charge < -0.3 is 10.5 Å². The third-order valence-corrected chi connectivity index (χ3v) is 6.09. The van der Waals surface area contributed by atoms with Gasteiger partial charge in [-0.05, 0) is 61.2 Å². The Morgan fingerprint density at radius 3 is 2.77 bits per heavy atom. The molecular weight excluding hydrogens is 421 g/mol. The zero-order chi connectivity index (χ0) is 22.1. The molecule has 1 aliphatic carbocycles. The maximum absolute atomic E-state index is 13.3. The number of amides is 2. The maximum atomic E-state index is 13.3. The molecule has 0 spiro atoms. The molecule has 1 unspecified atom stereocenters. The Morgan fingerprint density at radius 2 is 2.03 bits per heavy atom. The maximum Gasteiger partial charge on any atom is 0.355 e. The summed E-state index contributed by atoms with van der Waals surface area (Å²) in [6, 6.07) is 10.4. The van der Waals surface area contributed by atoms with Crippen molar-refractivity contribution < 1.29 is 23.5 Å². The fraction of sp³-hybridized carbons (Fsp3) is 0.182. The molecule has 2 aromatic carbocycles. The minimum absolute atomic E-state index is 0.143. The van der Waals surface area contributed by atoms with Crippen molar-refractivity contribution in [2.45, 2.75) is 25.7 Å². The second-order valence-electron chi connectivity index (χ2n) is 7.14. The van der Waals surface area contributed by atoms with Crippen LogP contribution >= 0.6 is 11.3 Å². The van der Waals surface area contributed by atoms with Crippen LogP contribution in [-0.2, 0) is 11.2 Å². The molecule has 1 atom stereocenters. The quantitative estimate of drug-likeness (QED) is 0.466. The standard InChI is InChI=1S/C22H18FN3O4S/c1-11-18(31-22(25-11)26-20(28)13-3-2-4-14(23)9-13)21(29)30-15-6-8-16-12(10-15)5-7-17(16)19(24)27/h2-4,6,8-10,17H,5,7H2,1H3,(H2,24,27)(H,25,26,28). The number of anilines is 1. The van der Waals surface area contributed by atoms with E-state index < -0.39 is 17.7 Å². The number of esters is 1. The first-order valence-corrected chi connectivity index (χ1v) is 10.3. The summed E-state index contributed by atoms with van der Waals surface area (Å²) in [6.45, 7) is 1.63. The number of thiazole rings is 1. The van der Waals surface area contributed by atoms with Gasteiger partial charge in [0, 0.05) is 5.56 Å². The van der Waals surface area contributed by atoms with Gasteiger partial charge in [-0.15, -0.1) is 0 Å². The Labute approximate surface area is 181 Å². The molecule has 0 saturated heterocycles. The van der Waals surface area contributed by atoms with E-state index in [1.165, 1.54) is 18.2 Å². The zero-order valence-corrected chi connectivity index (χ0v) is 17.3. The molecule has 158 valence electrons. The van der Waals surface area contributed by atoms with Crippen LogP contribution in [0.25, 0.3) is 0 Å². The molecule has 0 aliphatic heterocycles. The summed E-state index contributed by atoms with van der Waals surface area (Å²) in [5.41, 5.74) is 7.77. The summed E-state index contributed by atoms with van der Waals surface area (Å²) in [6.07, 6.45) is 1.33. The van der Waals surface area contributed by atoms with E-state index in [1.54, 1.807) is 25.1 Å². The second-order valence-corrected chi connectivity index (χ2v) is 8.14. The highest BCUT2D eigenvalue weighted by Gasteiger charge is 2.27. The number of carbonyl (C=O) groups excluding carboxylic acids is 3. The summed E-state index contributed by atoms with van der Waals surface area (Å²) in [5, 5.41) is 2.77. The largest absolute Gasteiger partial charge is 0.422 e. The van der Waals surface area contributed by atoms with Gasteiger partial charge in [0.25, 0.3) is 5.91 Å². The number of rotatable bonds is 5. The van der Waals surface area contributed by atoms with Crippen molar-refractivity contribution in [1.82, 2.24) is 4.98 Å².